The summed E-state index contributed by atoms with van der Waals surface area (Å²) >= 11 is 0. The second-order valence-electron chi connectivity index (χ2n) is 3.09. The monoisotopic (exact) mass is 225 g/mol. The molecule has 1 rings (SSSR count). The Labute approximate surface area is 91.6 Å². The normalized spacial score (nSPS) is 9.81. The Morgan fingerprint density at radius 3 is 2.81 bits per heavy atom. The highest BCUT2D eigenvalue weighted by Gasteiger charge is 2.21. The van der Waals surface area contributed by atoms with Gasteiger partial charge >= 0.3 is 5.97 Å². The Hall–Kier alpha value is -2.11. The Morgan fingerprint density at radius 1 is 1.56 bits per heavy atom. The molecule has 16 heavy (non-hydrogen) atoms. The van der Waals surface area contributed by atoms with Gasteiger partial charge in [0, 0.05) is 0 Å². The minimum atomic E-state index is -0.756. The molecule has 0 aliphatic heterocycles. The fourth-order valence-corrected chi connectivity index (χ4v) is 1.12. The average Bonchev–Trinajstić information content (AvgIpc) is 2.25. The lowest BCUT2D eigenvalue weighted by atomic mass is 10.2. The number of phenols is 1. The van der Waals surface area contributed by atoms with E-state index in [2.05, 4.69) is 0 Å². The third-order valence-corrected chi connectivity index (χ3v) is 1.84. The number of phenolic OH excluding ortho intramolecular Hbond substituents is 1. The van der Waals surface area contributed by atoms with Crippen molar-refractivity contribution in [1.82, 2.24) is 0 Å². The molecule has 0 aliphatic rings. The Morgan fingerprint density at radius 2 is 2.25 bits per heavy atom. The molecule has 6 nitrogen and oxygen atoms in total. The van der Waals surface area contributed by atoms with Gasteiger partial charge in [-0.2, -0.15) is 0 Å². The van der Waals surface area contributed by atoms with E-state index >= 15 is 0 Å². The molecule has 1 aromatic rings. The van der Waals surface area contributed by atoms with Gasteiger partial charge in [0.05, 0.1) is 17.6 Å². The van der Waals surface area contributed by atoms with E-state index in [0.717, 1.165) is 6.07 Å². The minimum Gasteiger partial charge on any atom is -0.508 e. The van der Waals surface area contributed by atoms with Crippen molar-refractivity contribution >= 4 is 11.7 Å². The quantitative estimate of drug-likeness (QED) is 0.480. The summed E-state index contributed by atoms with van der Waals surface area (Å²) in [7, 11) is 0. The SMILES string of the molecule is CCCOC(=O)c1ccc(O)cc1[N+](=O)[O-]. The summed E-state index contributed by atoms with van der Waals surface area (Å²) in [6.45, 7) is 2.02. The summed E-state index contributed by atoms with van der Waals surface area (Å²) in [6, 6.07) is 3.30. The number of ether oxygens (including phenoxy) is 1. The van der Waals surface area contributed by atoms with Crippen LogP contribution in [0.1, 0.15) is 23.7 Å². The van der Waals surface area contributed by atoms with Gasteiger partial charge in [0.15, 0.2) is 0 Å². The van der Waals surface area contributed by atoms with E-state index in [4.69, 9.17) is 9.84 Å². The predicted molar refractivity (Wildman–Crippen MR) is 55.3 cm³/mol. The maximum absolute atomic E-state index is 11.4. The maximum atomic E-state index is 11.4. The number of hydrogen-bond acceptors (Lipinski definition) is 5. The van der Waals surface area contributed by atoms with Crippen molar-refractivity contribution in [3.63, 3.8) is 0 Å². The highest BCUT2D eigenvalue weighted by Crippen LogP contribution is 2.24. The summed E-state index contributed by atoms with van der Waals surface area (Å²) in [5.74, 6) is -1.02. The highest BCUT2D eigenvalue weighted by molar-refractivity contribution is 5.94. The number of nitro benzene ring substituents is 1. The Balaban J connectivity index is 3.03. The molecule has 1 aromatic carbocycles. The van der Waals surface area contributed by atoms with Gasteiger partial charge in [-0.3, -0.25) is 10.1 Å². The fraction of sp³-hybridized carbons (Fsp3) is 0.300. The van der Waals surface area contributed by atoms with Gasteiger partial charge in [0.25, 0.3) is 5.69 Å². The van der Waals surface area contributed by atoms with Gasteiger partial charge in [-0.1, -0.05) is 6.92 Å². The zero-order chi connectivity index (χ0) is 12.1. The van der Waals surface area contributed by atoms with Gasteiger partial charge in [0.2, 0.25) is 0 Å². The number of nitrogens with zero attached hydrogens (tertiary/aromatic N) is 1. The number of esters is 1. The van der Waals surface area contributed by atoms with Crippen LogP contribution in [0.15, 0.2) is 18.2 Å². The van der Waals surface area contributed by atoms with Crippen LogP contribution in [0, 0.1) is 10.1 Å². The van der Waals surface area contributed by atoms with E-state index in [-0.39, 0.29) is 17.9 Å². The lowest BCUT2D eigenvalue weighted by molar-refractivity contribution is -0.385. The van der Waals surface area contributed by atoms with Crippen LogP contribution in [-0.4, -0.2) is 22.6 Å². The predicted octanol–water partition coefficient (Wildman–Crippen LogP) is 1.87. The number of rotatable bonds is 4. The van der Waals surface area contributed by atoms with Crippen LogP contribution >= 0.6 is 0 Å². The molecule has 0 unspecified atom stereocenters. The van der Waals surface area contributed by atoms with E-state index in [9.17, 15) is 14.9 Å². The molecular formula is C10H11NO5. The summed E-state index contributed by atoms with van der Waals surface area (Å²) in [5, 5.41) is 19.7. The van der Waals surface area contributed by atoms with Crippen molar-refractivity contribution in [3.8, 4) is 5.75 Å². The zero-order valence-electron chi connectivity index (χ0n) is 8.67. The van der Waals surface area contributed by atoms with E-state index in [0.29, 0.717) is 6.42 Å². The van der Waals surface area contributed by atoms with Crippen molar-refractivity contribution in [2.75, 3.05) is 6.61 Å². The number of carbonyl (C=O) groups excluding carboxylic acids is 1. The molecular weight excluding hydrogens is 214 g/mol. The maximum Gasteiger partial charge on any atom is 0.345 e. The molecule has 0 radical (unpaired) electrons. The van der Waals surface area contributed by atoms with Crippen LogP contribution in [0.5, 0.6) is 5.75 Å². The molecule has 0 atom stereocenters. The van der Waals surface area contributed by atoms with E-state index in [1.54, 1.807) is 0 Å². The van der Waals surface area contributed by atoms with Crippen molar-refractivity contribution in [2.24, 2.45) is 0 Å². The third kappa shape index (κ3) is 2.69. The van der Waals surface area contributed by atoms with E-state index in [1.807, 2.05) is 6.92 Å². The van der Waals surface area contributed by atoms with Crippen LogP contribution in [0.4, 0.5) is 5.69 Å². The van der Waals surface area contributed by atoms with Gasteiger partial charge < -0.3 is 9.84 Å². The standard InChI is InChI=1S/C10H11NO5/c1-2-5-16-10(13)8-4-3-7(12)6-9(8)11(14)15/h3-4,6,12H,2,5H2,1H3. The minimum absolute atomic E-state index is 0.156. The summed E-state index contributed by atoms with van der Waals surface area (Å²) in [6.07, 6.45) is 0.637. The first-order valence-electron chi connectivity index (χ1n) is 4.70. The summed E-state index contributed by atoms with van der Waals surface area (Å²) < 4.78 is 4.78. The molecule has 0 saturated carbocycles. The molecule has 0 saturated heterocycles. The lowest BCUT2D eigenvalue weighted by Gasteiger charge is -2.03. The number of benzene rings is 1. The van der Waals surface area contributed by atoms with Crippen molar-refractivity contribution in [2.45, 2.75) is 13.3 Å². The highest BCUT2D eigenvalue weighted by atomic mass is 16.6. The first kappa shape index (κ1) is 12.0. The van der Waals surface area contributed by atoms with Gasteiger partial charge in [-0.05, 0) is 18.6 Å². The molecule has 0 spiro atoms. The van der Waals surface area contributed by atoms with Crippen LogP contribution in [0.3, 0.4) is 0 Å². The first-order valence-corrected chi connectivity index (χ1v) is 4.70. The number of nitro groups is 1. The molecule has 0 fully saturated rings. The van der Waals surface area contributed by atoms with Crippen LogP contribution in [-0.2, 0) is 4.74 Å². The van der Waals surface area contributed by atoms with Crippen molar-refractivity contribution in [3.05, 3.63) is 33.9 Å². The molecule has 0 aromatic heterocycles. The second kappa shape index (κ2) is 5.11. The Kier molecular flexibility index (Phi) is 3.82. The average molecular weight is 225 g/mol. The first-order chi connectivity index (χ1) is 7.56. The van der Waals surface area contributed by atoms with E-state index < -0.39 is 16.6 Å². The zero-order valence-corrected chi connectivity index (χ0v) is 8.67. The molecule has 0 bridgehead atoms. The Bertz CT molecular complexity index is 416. The van der Waals surface area contributed by atoms with Crippen LogP contribution in [0.2, 0.25) is 0 Å². The molecule has 86 valence electrons. The lowest BCUT2D eigenvalue weighted by Crippen LogP contribution is -2.08. The second-order valence-corrected chi connectivity index (χ2v) is 3.09. The van der Waals surface area contributed by atoms with Crippen molar-refractivity contribution < 1.29 is 19.6 Å². The molecule has 1 N–H and O–H groups in total. The van der Waals surface area contributed by atoms with Crippen LogP contribution in [0.25, 0.3) is 0 Å². The molecule has 0 heterocycles. The number of aromatic hydroxyl groups is 1. The smallest absolute Gasteiger partial charge is 0.345 e. The third-order valence-electron chi connectivity index (χ3n) is 1.84. The summed E-state index contributed by atoms with van der Waals surface area (Å²) in [4.78, 5) is 21.3. The largest absolute Gasteiger partial charge is 0.508 e. The summed E-state index contributed by atoms with van der Waals surface area (Å²) in [5.41, 5.74) is -0.614. The molecule has 6 heteroatoms. The molecule has 0 aliphatic carbocycles. The van der Waals surface area contributed by atoms with Gasteiger partial charge in [-0.15, -0.1) is 0 Å². The molecule has 0 amide bonds. The van der Waals surface area contributed by atoms with Gasteiger partial charge in [0.1, 0.15) is 11.3 Å². The van der Waals surface area contributed by atoms with Gasteiger partial charge in [-0.25, -0.2) is 4.79 Å². The topological polar surface area (TPSA) is 89.7 Å². The fourth-order valence-electron chi connectivity index (χ4n) is 1.12. The number of carbonyl (C=O) groups is 1. The number of hydrogen-bond donors (Lipinski definition) is 1. The van der Waals surface area contributed by atoms with E-state index in [1.165, 1.54) is 12.1 Å². The van der Waals surface area contributed by atoms with Crippen molar-refractivity contribution in [1.29, 1.82) is 0 Å². The van der Waals surface area contributed by atoms with Crippen LogP contribution < -0.4 is 0 Å².